The van der Waals surface area contributed by atoms with Crippen LogP contribution in [0.1, 0.15) is 26.3 Å². The highest BCUT2D eigenvalue weighted by Gasteiger charge is 2.26. The zero-order valence-corrected chi connectivity index (χ0v) is 19.6. The fourth-order valence-corrected chi connectivity index (χ4v) is 3.86. The van der Waals surface area contributed by atoms with E-state index < -0.39 is 23.6 Å². The van der Waals surface area contributed by atoms with Gasteiger partial charge in [-0.2, -0.15) is 0 Å². The molecule has 2 heterocycles. The molecule has 0 unspecified atom stereocenters. The van der Waals surface area contributed by atoms with E-state index in [1.807, 2.05) is 42.1 Å². The molecule has 0 bridgehead atoms. The Morgan fingerprint density at radius 2 is 1.97 bits per heavy atom. The smallest absolute Gasteiger partial charge is 0.408 e. The summed E-state index contributed by atoms with van der Waals surface area (Å²) >= 11 is 0. The molecule has 0 spiro atoms. The van der Waals surface area contributed by atoms with Crippen LogP contribution >= 0.6 is 0 Å². The van der Waals surface area contributed by atoms with Crippen molar-refractivity contribution in [1.82, 2.24) is 9.88 Å². The van der Waals surface area contributed by atoms with E-state index in [2.05, 4.69) is 16.0 Å². The van der Waals surface area contributed by atoms with Gasteiger partial charge in [-0.3, -0.25) is 9.59 Å². The number of hydrogen-bond acceptors (Lipinski definition) is 5. The number of alkyl carbamates (subject to hydrolysis) is 1. The van der Waals surface area contributed by atoms with Gasteiger partial charge in [0.2, 0.25) is 5.91 Å². The van der Waals surface area contributed by atoms with Gasteiger partial charge < -0.3 is 30.0 Å². The first-order chi connectivity index (χ1) is 16.1. The molecule has 1 aromatic heterocycles. The molecule has 34 heavy (non-hydrogen) atoms. The third kappa shape index (κ3) is 5.31. The molecule has 3 aromatic rings. The Balaban J connectivity index is 1.58. The number of carbonyl (C=O) groups excluding carboxylic acids is 3. The maximum Gasteiger partial charge on any atom is 0.408 e. The fraction of sp³-hybridized carbons (Fsp3) is 0.320. The van der Waals surface area contributed by atoms with Gasteiger partial charge in [0.15, 0.2) is 6.61 Å². The number of aryl methyl sites for hydroxylation is 1. The third-order valence-electron chi connectivity index (χ3n) is 5.29. The fourth-order valence-electron chi connectivity index (χ4n) is 3.86. The highest BCUT2D eigenvalue weighted by molar-refractivity contribution is 6.00. The molecule has 4 rings (SSSR count). The van der Waals surface area contributed by atoms with Crippen molar-refractivity contribution in [3.63, 3.8) is 0 Å². The summed E-state index contributed by atoms with van der Waals surface area (Å²) in [4.78, 5) is 37.4. The third-order valence-corrected chi connectivity index (χ3v) is 5.29. The Labute approximate surface area is 197 Å². The zero-order chi connectivity index (χ0) is 24.5. The summed E-state index contributed by atoms with van der Waals surface area (Å²) in [5.74, 6) is -0.157. The van der Waals surface area contributed by atoms with Crippen LogP contribution < -0.4 is 20.7 Å². The van der Waals surface area contributed by atoms with E-state index in [1.54, 1.807) is 39.0 Å². The van der Waals surface area contributed by atoms with Crippen LogP contribution in [-0.2, 0) is 27.8 Å². The number of carbonyl (C=O) groups is 3. The molecule has 0 fully saturated rings. The summed E-state index contributed by atoms with van der Waals surface area (Å²) in [5, 5.41) is 9.25. The van der Waals surface area contributed by atoms with Crippen LogP contribution in [-0.4, -0.2) is 40.7 Å². The highest BCUT2D eigenvalue weighted by Crippen LogP contribution is 2.30. The van der Waals surface area contributed by atoms with E-state index in [0.717, 1.165) is 16.5 Å². The summed E-state index contributed by atoms with van der Waals surface area (Å²) in [6.45, 7) is 5.23. The summed E-state index contributed by atoms with van der Waals surface area (Å²) in [6, 6.07) is 11.9. The van der Waals surface area contributed by atoms with Crippen molar-refractivity contribution in [3.8, 4) is 5.75 Å². The monoisotopic (exact) mass is 464 g/mol. The van der Waals surface area contributed by atoms with Crippen LogP contribution in [0.2, 0.25) is 0 Å². The van der Waals surface area contributed by atoms with Gasteiger partial charge in [-0.25, -0.2) is 4.79 Å². The van der Waals surface area contributed by atoms with Gasteiger partial charge >= 0.3 is 6.09 Å². The summed E-state index contributed by atoms with van der Waals surface area (Å²) < 4.78 is 12.7. The molecule has 3 amide bonds. The first-order valence-corrected chi connectivity index (χ1v) is 11.0. The molecule has 9 nitrogen and oxygen atoms in total. The number of ether oxygens (including phenoxy) is 2. The molecule has 1 aliphatic heterocycles. The molecule has 2 aromatic carbocycles. The normalized spacial score (nSPS) is 13.9. The van der Waals surface area contributed by atoms with Crippen LogP contribution in [0, 0.1) is 0 Å². The molecule has 178 valence electrons. The Morgan fingerprint density at radius 3 is 2.74 bits per heavy atom. The number of anilines is 2. The number of aromatic nitrogens is 1. The summed E-state index contributed by atoms with van der Waals surface area (Å²) in [6.07, 6.45) is 1.53. The summed E-state index contributed by atoms with van der Waals surface area (Å²) in [5.41, 5.74) is 2.17. The predicted octanol–water partition coefficient (Wildman–Crippen LogP) is 3.58. The predicted molar refractivity (Wildman–Crippen MR) is 129 cm³/mol. The van der Waals surface area contributed by atoms with Gasteiger partial charge in [0.25, 0.3) is 5.91 Å². The topological polar surface area (TPSA) is 111 Å². The van der Waals surface area contributed by atoms with E-state index in [-0.39, 0.29) is 18.9 Å². The Bertz CT molecular complexity index is 1260. The highest BCUT2D eigenvalue weighted by atomic mass is 16.6. The molecule has 0 saturated carbocycles. The zero-order valence-electron chi connectivity index (χ0n) is 19.6. The van der Waals surface area contributed by atoms with Crippen molar-refractivity contribution in [1.29, 1.82) is 0 Å². The van der Waals surface area contributed by atoms with Gasteiger partial charge in [0.05, 0.1) is 5.69 Å². The number of benzene rings is 2. The molecule has 1 aliphatic rings. The second-order valence-electron chi connectivity index (χ2n) is 9.22. The number of nitrogens with one attached hydrogen (secondary N) is 3. The number of amides is 3. The molecule has 0 radical (unpaired) electrons. The number of fused-ring (bicyclic) bond motifs is 2. The van der Waals surface area contributed by atoms with E-state index in [4.69, 9.17) is 9.47 Å². The standard InChI is InChI=1S/C25H28N4O5/c1-25(2,3)34-24(32)28-19(11-15-13-29(4)20-8-6-5-7-17(15)20)23(31)26-16-9-10-21-18(12-16)27-22(30)14-33-21/h5-10,12-13,19H,11,14H2,1-4H3,(H,26,31)(H,27,30)(H,28,32)/t19-/m0/s1. The summed E-state index contributed by atoms with van der Waals surface area (Å²) in [7, 11) is 1.94. The lowest BCUT2D eigenvalue weighted by atomic mass is 10.0. The largest absolute Gasteiger partial charge is 0.482 e. The van der Waals surface area contributed by atoms with Crippen molar-refractivity contribution in [3.05, 3.63) is 54.2 Å². The number of para-hydroxylation sites is 1. The van der Waals surface area contributed by atoms with Gasteiger partial charge in [-0.1, -0.05) is 18.2 Å². The number of hydrogen-bond donors (Lipinski definition) is 3. The molecular formula is C25H28N4O5. The quantitative estimate of drug-likeness (QED) is 0.535. The molecule has 3 N–H and O–H groups in total. The van der Waals surface area contributed by atoms with E-state index in [1.165, 1.54) is 0 Å². The molecular weight excluding hydrogens is 436 g/mol. The van der Waals surface area contributed by atoms with Gasteiger partial charge in [-0.05, 0) is 50.6 Å². The van der Waals surface area contributed by atoms with Crippen molar-refractivity contribution in [2.45, 2.75) is 38.8 Å². The molecule has 0 aliphatic carbocycles. The molecule has 9 heteroatoms. The van der Waals surface area contributed by atoms with Gasteiger partial charge in [0.1, 0.15) is 17.4 Å². The van der Waals surface area contributed by atoms with E-state index in [0.29, 0.717) is 17.1 Å². The average Bonchev–Trinajstić information content (AvgIpc) is 3.07. The Hall–Kier alpha value is -4.01. The average molecular weight is 465 g/mol. The maximum absolute atomic E-state index is 13.3. The van der Waals surface area contributed by atoms with E-state index in [9.17, 15) is 14.4 Å². The first-order valence-electron chi connectivity index (χ1n) is 11.0. The first kappa shape index (κ1) is 23.2. The van der Waals surface area contributed by atoms with Gasteiger partial charge in [0, 0.05) is 36.3 Å². The van der Waals surface area contributed by atoms with Crippen LogP contribution in [0.15, 0.2) is 48.7 Å². The van der Waals surface area contributed by atoms with Crippen LogP contribution in [0.5, 0.6) is 5.75 Å². The van der Waals surface area contributed by atoms with E-state index >= 15 is 0 Å². The van der Waals surface area contributed by atoms with Crippen molar-refractivity contribution < 1.29 is 23.9 Å². The minimum absolute atomic E-state index is 0.0500. The van der Waals surface area contributed by atoms with Crippen molar-refractivity contribution in [2.75, 3.05) is 17.2 Å². The van der Waals surface area contributed by atoms with Crippen LogP contribution in [0.4, 0.5) is 16.2 Å². The lowest BCUT2D eigenvalue weighted by Crippen LogP contribution is -2.47. The minimum Gasteiger partial charge on any atom is -0.482 e. The second-order valence-corrected chi connectivity index (χ2v) is 9.22. The van der Waals surface area contributed by atoms with Crippen LogP contribution in [0.3, 0.4) is 0 Å². The lowest BCUT2D eigenvalue weighted by Gasteiger charge is -2.24. The van der Waals surface area contributed by atoms with Crippen molar-refractivity contribution >= 4 is 40.2 Å². The Kier molecular flexibility index (Phi) is 6.19. The molecule has 0 saturated heterocycles. The van der Waals surface area contributed by atoms with Gasteiger partial charge in [-0.15, -0.1) is 0 Å². The second kappa shape index (κ2) is 9.09. The number of rotatable bonds is 5. The number of nitrogens with zero attached hydrogens (tertiary/aromatic N) is 1. The molecule has 1 atom stereocenters. The maximum atomic E-state index is 13.3. The Morgan fingerprint density at radius 1 is 1.21 bits per heavy atom. The minimum atomic E-state index is -0.900. The van der Waals surface area contributed by atoms with Crippen molar-refractivity contribution in [2.24, 2.45) is 7.05 Å². The SMILES string of the molecule is Cn1cc(C[C@H](NC(=O)OC(C)(C)C)C(=O)Nc2ccc3c(c2)NC(=O)CO3)c2ccccc21. The lowest BCUT2D eigenvalue weighted by molar-refractivity contribution is -0.119. The van der Waals surface area contributed by atoms with Crippen LogP contribution in [0.25, 0.3) is 10.9 Å².